The topological polar surface area (TPSA) is 52.6 Å². The van der Waals surface area contributed by atoms with Gasteiger partial charge in [-0.1, -0.05) is 0 Å². The summed E-state index contributed by atoms with van der Waals surface area (Å²) in [7, 11) is 0. The van der Waals surface area contributed by atoms with Crippen molar-refractivity contribution in [2.24, 2.45) is 64.6 Å². The van der Waals surface area contributed by atoms with E-state index in [1.54, 1.807) is 13.8 Å². The number of rotatable bonds is 0. The predicted octanol–water partition coefficient (Wildman–Crippen LogP) is 1.44. The van der Waals surface area contributed by atoms with E-state index in [0.29, 0.717) is 23.7 Å². The van der Waals surface area contributed by atoms with Gasteiger partial charge in [0.2, 0.25) is 0 Å². The minimum Gasteiger partial charge on any atom is -0.422 e. The molecule has 0 N–H and O–H groups in total. The van der Waals surface area contributed by atoms with Crippen molar-refractivity contribution in [2.45, 2.75) is 26.1 Å². The van der Waals surface area contributed by atoms with E-state index in [-0.39, 0.29) is 23.8 Å². The van der Waals surface area contributed by atoms with Crippen molar-refractivity contribution in [1.29, 1.82) is 0 Å². The zero-order valence-electron chi connectivity index (χ0n) is 12.1. The summed E-state index contributed by atoms with van der Waals surface area (Å²) < 4.78 is 11.2. The van der Waals surface area contributed by atoms with Gasteiger partial charge in [0.15, 0.2) is 5.41 Å². The average molecular weight is 286 g/mol. The standard InChI is InChI=1S/C17H18O4/c1-16(2)20-14(18)17(15(19)21-16)12-8-4-3-5-7-6(4)10(12)11(7)13(17)9(5)8/h4-13H,3H2,1-2H3/t4-,5-,6+,7+,8-,9+,10+,11+,12+,13-/m0/s1. The fourth-order valence-corrected chi connectivity index (χ4v) is 9.23. The first kappa shape index (κ1) is 10.6. The Labute approximate surface area is 122 Å². The molecule has 1 saturated heterocycles. The van der Waals surface area contributed by atoms with Gasteiger partial charge in [-0.25, -0.2) is 0 Å². The molecule has 0 radical (unpaired) electrons. The molecule has 1 aliphatic heterocycles. The van der Waals surface area contributed by atoms with Gasteiger partial charge in [0.25, 0.3) is 5.79 Å². The SMILES string of the molecule is CC1(C)OC(=O)C2(C(=O)O1)[C@@H]1[C@@H]3[C@@H]4[C@@H]5C[C@H]6[C@H]4[C@H]3[C@H]2[C@@H]6[C@@H]51. The van der Waals surface area contributed by atoms with E-state index < -0.39 is 11.2 Å². The molecule has 4 nitrogen and oxygen atoms in total. The van der Waals surface area contributed by atoms with Crippen molar-refractivity contribution in [3.63, 3.8) is 0 Å². The zero-order valence-corrected chi connectivity index (χ0v) is 12.1. The Morgan fingerprint density at radius 1 is 0.810 bits per heavy atom. The van der Waals surface area contributed by atoms with Crippen molar-refractivity contribution >= 4 is 11.9 Å². The minimum absolute atomic E-state index is 0.249. The van der Waals surface area contributed by atoms with Gasteiger partial charge >= 0.3 is 11.9 Å². The van der Waals surface area contributed by atoms with Crippen LogP contribution in [0.1, 0.15) is 20.3 Å². The number of carbonyl (C=O) groups is 2. The van der Waals surface area contributed by atoms with Crippen LogP contribution in [0.15, 0.2) is 0 Å². The lowest BCUT2D eigenvalue weighted by Gasteiger charge is -2.44. The number of carbonyl (C=O) groups excluding carboxylic acids is 2. The van der Waals surface area contributed by atoms with Gasteiger partial charge in [-0.05, 0) is 65.6 Å². The summed E-state index contributed by atoms with van der Waals surface area (Å²) in [5.41, 5.74) is -0.906. The lowest BCUT2D eigenvalue weighted by Crippen LogP contribution is -2.57. The Balaban J connectivity index is 1.48. The van der Waals surface area contributed by atoms with Crippen LogP contribution in [0.2, 0.25) is 0 Å². The van der Waals surface area contributed by atoms with Crippen LogP contribution in [0.25, 0.3) is 0 Å². The fraction of sp³-hybridized carbons (Fsp3) is 0.882. The van der Waals surface area contributed by atoms with Gasteiger partial charge in [-0.15, -0.1) is 0 Å². The second-order valence-corrected chi connectivity index (χ2v) is 9.13. The van der Waals surface area contributed by atoms with E-state index >= 15 is 0 Å². The van der Waals surface area contributed by atoms with Crippen molar-refractivity contribution in [3.8, 4) is 0 Å². The molecule has 8 fully saturated rings. The highest BCUT2D eigenvalue weighted by molar-refractivity contribution is 6.04. The third-order valence-electron chi connectivity index (χ3n) is 8.81. The maximum absolute atomic E-state index is 13.0. The molecule has 7 aliphatic carbocycles. The number of cyclic esters (lactones) is 2. The van der Waals surface area contributed by atoms with Crippen LogP contribution in [-0.4, -0.2) is 17.7 Å². The van der Waals surface area contributed by atoms with Crippen LogP contribution in [0.5, 0.6) is 0 Å². The largest absolute Gasteiger partial charge is 0.422 e. The first-order valence-electron chi connectivity index (χ1n) is 8.45. The van der Waals surface area contributed by atoms with Gasteiger partial charge in [0.05, 0.1) is 0 Å². The molecule has 0 aromatic carbocycles. The number of hydrogen-bond donors (Lipinski definition) is 0. The van der Waals surface area contributed by atoms with Crippen LogP contribution >= 0.6 is 0 Å². The summed E-state index contributed by atoms with van der Waals surface area (Å²) in [6.07, 6.45) is 1.39. The average Bonchev–Trinajstić information content (AvgIpc) is 2.95. The van der Waals surface area contributed by atoms with Crippen molar-refractivity contribution in [1.82, 2.24) is 0 Å². The van der Waals surface area contributed by atoms with E-state index in [1.165, 1.54) is 6.42 Å². The van der Waals surface area contributed by atoms with Crippen LogP contribution in [0.4, 0.5) is 0 Å². The summed E-state index contributed by atoms with van der Waals surface area (Å²) in [5, 5.41) is 0. The molecule has 21 heavy (non-hydrogen) atoms. The summed E-state index contributed by atoms with van der Waals surface area (Å²) in [6.45, 7) is 3.33. The third-order valence-corrected chi connectivity index (χ3v) is 8.81. The van der Waals surface area contributed by atoms with E-state index in [1.807, 2.05) is 0 Å². The predicted molar refractivity (Wildman–Crippen MR) is 68.2 cm³/mol. The number of hydrogen-bond acceptors (Lipinski definition) is 4. The third kappa shape index (κ3) is 0.687. The number of ether oxygens (including phenoxy) is 2. The second kappa shape index (κ2) is 2.44. The molecule has 4 heteroatoms. The molecule has 0 aromatic rings. The number of esters is 2. The molecule has 8 rings (SSSR count). The summed E-state index contributed by atoms with van der Waals surface area (Å²) in [6, 6.07) is 0. The quantitative estimate of drug-likeness (QED) is 0.499. The molecular formula is C17H18O4. The summed E-state index contributed by atoms with van der Waals surface area (Å²) >= 11 is 0. The molecule has 1 spiro atoms. The van der Waals surface area contributed by atoms with Gasteiger partial charge in [-0.2, -0.15) is 0 Å². The van der Waals surface area contributed by atoms with Gasteiger partial charge in [0.1, 0.15) is 0 Å². The molecule has 0 aromatic heterocycles. The van der Waals surface area contributed by atoms with Crippen molar-refractivity contribution in [3.05, 3.63) is 0 Å². The Bertz CT molecular complexity index is 608. The summed E-state index contributed by atoms with van der Waals surface area (Å²) in [5.74, 6) is 4.78. The Morgan fingerprint density at radius 3 is 1.76 bits per heavy atom. The van der Waals surface area contributed by atoms with Gasteiger partial charge < -0.3 is 9.47 Å². The van der Waals surface area contributed by atoms with Crippen LogP contribution in [-0.2, 0) is 19.1 Å². The second-order valence-electron chi connectivity index (χ2n) is 9.13. The van der Waals surface area contributed by atoms with Gasteiger partial charge in [0, 0.05) is 13.8 Å². The minimum atomic E-state index is -1.09. The molecule has 110 valence electrons. The maximum Gasteiger partial charge on any atom is 0.327 e. The normalized spacial score (nSPS) is 67.1. The molecule has 7 saturated carbocycles. The molecule has 8 aliphatic rings. The van der Waals surface area contributed by atoms with E-state index in [0.717, 1.165) is 23.7 Å². The summed E-state index contributed by atoms with van der Waals surface area (Å²) in [4.78, 5) is 25.9. The van der Waals surface area contributed by atoms with Crippen LogP contribution in [0.3, 0.4) is 0 Å². The lowest BCUT2D eigenvalue weighted by molar-refractivity contribution is -0.255. The molecule has 1 heterocycles. The molecule has 10 atom stereocenters. The monoisotopic (exact) mass is 286 g/mol. The molecule has 0 amide bonds. The smallest absolute Gasteiger partial charge is 0.327 e. The van der Waals surface area contributed by atoms with Crippen molar-refractivity contribution < 1.29 is 19.1 Å². The Hall–Kier alpha value is -1.06. The van der Waals surface area contributed by atoms with Crippen LogP contribution in [0, 0.1) is 64.6 Å². The zero-order chi connectivity index (χ0) is 14.0. The molecular weight excluding hydrogens is 268 g/mol. The van der Waals surface area contributed by atoms with E-state index in [4.69, 9.17) is 9.47 Å². The highest BCUT2D eigenvalue weighted by Crippen LogP contribution is 2.94. The first-order valence-corrected chi connectivity index (χ1v) is 8.45. The first-order chi connectivity index (χ1) is 9.98. The van der Waals surface area contributed by atoms with E-state index in [2.05, 4.69) is 0 Å². The Kier molecular flexibility index (Phi) is 1.24. The van der Waals surface area contributed by atoms with Gasteiger partial charge in [-0.3, -0.25) is 9.59 Å². The molecule has 0 unspecified atom stereocenters. The Morgan fingerprint density at radius 2 is 1.29 bits per heavy atom. The van der Waals surface area contributed by atoms with Crippen molar-refractivity contribution in [2.75, 3.05) is 0 Å². The van der Waals surface area contributed by atoms with E-state index in [9.17, 15) is 9.59 Å². The fourth-order valence-electron chi connectivity index (χ4n) is 9.23. The van der Waals surface area contributed by atoms with Crippen LogP contribution < -0.4 is 0 Å². The highest BCUT2D eigenvalue weighted by Gasteiger charge is 2.96. The lowest BCUT2D eigenvalue weighted by atomic mass is 9.60. The maximum atomic E-state index is 13.0. The molecule has 4 bridgehead atoms. The highest BCUT2D eigenvalue weighted by atomic mass is 16.7.